The molecule has 2 aromatic carbocycles. The molecular weight excluding hydrogens is 378 g/mol. The molecule has 0 saturated carbocycles. The van der Waals surface area contributed by atoms with E-state index >= 15 is 0 Å². The van der Waals surface area contributed by atoms with Gasteiger partial charge in [0.2, 0.25) is 15.9 Å². The van der Waals surface area contributed by atoms with E-state index in [1.54, 1.807) is 0 Å². The maximum Gasteiger partial charge on any atom is 0.243 e. The van der Waals surface area contributed by atoms with E-state index in [1.165, 1.54) is 38.2 Å². The number of hydrogen-bond acceptors (Lipinski definition) is 5. The minimum absolute atomic E-state index is 0.0415. The zero-order chi connectivity index (χ0) is 20.6. The van der Waals surface area contributed by atoms with Crippen molar-refractivity contribution in [2.24, 2.45) is 0 Å². The molecule has 0 spiro atoms. The summed E-state index contributed by atoms with van der Waals surface area (Å²) in [6, 6.07) is 15.4. The highest BCUT2D eigenvalue weighted by atomic mass is 32.2. The molecule has 0 aliphatic heterocycles. The maximum atomic E-state index is 12.5. The molecule has 0 aliphatic carbocycles. The van der Waals surface area contributed by atoms with Gasteiger partial charge in [0, 0.05) is 31.4 Å². The van der Waals surface area contributed by atoms with Gasteiger partial charge in [-0.25, -0.2) is 8.42 Å². The number of carbonyl (C=O) groups excluding carboxylic acids is 2. The van der Waals surface area contributed by atoms with Crippen LogP contribution in [0.3, 0.4) is 0 Å². The molecule has 0 bridgehead atoms. The molecule has 2 N–H and O–H groups in total. The van der Waals surface area contributed by atoms with Crippen LogP contribution in [0.2, 0.25) is 0 Å². The molecule has 2 rings (SSSR count). The molecular formula is C20H25N3O4S. The van der Waals surface area contributed by atoms with Gasteiger partial charge in [0.05, 0.1) is 11.4 Å². The van der Waals surface area contributed by atoms with Crippen molar-refractivity contribution in [1.82, 2.24) is 9.62 Å². The first-order valence-corrected chi connectivity index (χ1v) is 10.4. The highest BCUT2D eigenvalue weighted by Crippen LogP contribution is 2.15. The van der Waals surface area contributed by atoms with Crippen LogP contribution < -0.4 is 10.6 Å². The van der Waals surface area contributed by atoms with E-state index in [4.69, 9.17) is 0 Å². The van der Waals surface area contributed by atoms with Gasteiger partial charge in [-0.1, -0.05) is 30.3 Å². The number of rotatable bonds is 10. The van der Waals surface area contributed by atoms with Crippen molar-refractivity contribution in [3.05, 3.63) is 60.2 Å². The van der Waals surface area contributed by atoms with E-state index in [9.17, 15) is 18.0 Å². The first kappa shape index (κ1) is 21.6. The van der Waals surface area contributed by atoms with Crippen LogP contribution in [0.15, 0.2) is 59.5 Å². The quantitative estimate of drug-likeness (QED) is 0.468. The fourth-order valence-electron chi connectivity index (χ4n) is 2.49. The van der Waals surface area contributed by atoms with Crippen molar-refractivity contribution < 1.29 is 18.0 Å². The zero-order valence-electron chi connectivity index (χ0n) is 16.0. The van der Waals surface area contributed by atoms with E-state index in [0.717, 1.165) is 9.99 Å². The number of nitrogens with zero attached hydrogens (tertiary/aromatic N) is 1. The first-order valence-electron chi connectivity index (χ1n) is 8.93. The summed E-state index contributed by atoms with van der Waals surface area (Å²) < 4.78 is 26.1. The van der Waals surface area contributed by atoms with Gasteiger partial charge in [0.15, 0.2) is 5.78 Å². The van der Waals surface area contributed by atoms with Crippen molar-refractivity contribution >= 4 is 27.4 Å². The third-order valence-electron chi connectivity index (χ3n) is 4.11. The third kappa shape index (κ3) is 6.17. The molecule has 8 heteroatoms. The molecule has 0 atom stereocenters. The van der Waals surface area contributed by atoms with Gasteiger partial charge in [0.1, 0.15) is 0 Å². The van der Waals surface area contributed by atoms with Crippen LogP contribution in [-0.4, -0.2) is 51.1 Å². The Morgan fingerprint density at radius 3 is 2.21 bits per heavy atom. The monoisotopic (exact) mass is 403 g/mol. The molecule has 0 heterocycles. The molecule has 0 fully saturated rings. The van der Waals surface area contributed by atoms with Gasteiger partial charge in [-0.2, -0.15) is 4.31 Å². The van der Waals surface area contributed by atoms with E-state index in [1.807, 2.05) is 30.3 Å². The molecule has 0 unspecified atom stereocenters. The summed E-state index contributed by atoms with van der Waals surface area (Å²) in [6.45, 7) is 2.28. The Kier molecular flexibility index (Phi) is 7.71. The Hall–Kier alpha value is -2.71. The van der Waals surface area contributed by atoms with Gasteiger partial charge >= 0.3 is 0 Å². The number of Topliss-reactive ketones (excluding diaryl/α,β-unsaturated/α-hetero) is 1. The Balaban J connectivity index is 1.78. The number of ketones is 1. The van der Waals surface area contributed by atoms with Gasteiger partial charge < -0.3 is 10.6 Å². The standard InChI is InChI=1S/C20H25N3O4S/c1-16(24)17-9-11-19(12-10-17)28(26,27)23(2)15-20(25)22-14-6-13-21-18-7-4-3-5-8-18/h3-5,7-12,21H,6,13-15H2,1-2H3,(H,22,25). The summed E-state index contributed by atoms with van der Waals surface area (Å²) >= 11 is 0. The van der Waals surface area contributed by atoms with Crippen LogP contribution in [0, 0.1) is 0 Å². The Labute approximate surface area is 165 Å². The normalized spacial score (nSPS) is 11.2. The fraction of sp³-hybridized carbons (Fsp3) is 0.300. The lowest BCUT2D eigenvalue weighted by Crippen LogP contribution is -2.38. The lowest BCUT2D eigenvalue weighted by molar-refractivity contribution is -0.121. The summed E-state index contributed by atoms with van der Waals surface area (Å²) in [6.07, 6.45) is 0.712. The molecule has 150 valence electrons. The number of carbonyl (C=O) groups is 2. The number of amides is 1. The number of benzene rings is 2. The average molecular weight is 404 g/mol. The summed E-state index contributed by atoms with van der Waals surface area (Å²) in [5, 5.41) is 5.95. The summed E-state index contributed by atoms with van der Waals surface area (Å²) in [5.41, 5.74) is 1.44. The number of nitrogens with one attached hydrogen (secondary N) is 2. The second-order valence-corrected chi connectivity index (χ2v) is 8.38. The Morgan fingerprint density at radius 1 is 0.964 bits per heavy atom. The van der Waals surface area contributed by atoms with Crippen molar-refractivity contribution in [3.8, 4) is 0 Å². The lowest BCUT2D eigenvalue weighted by atomic mass is 10.2. The molecule has 0 aromatic heterocycles. The Morgan fingerprint density at radius 2 is 1.61 bits per heavy atom. The molecule has 2 aromatic rings. The first-order chi connectivity index (χ1) is 13.3. The second kappa shape index (κ2) is 10.0. The number of hydrogen-bond donors (Lipinski definition) is 2. The minimum Gasteiger partial charge on any atom is -0.385 e. The van der Waals surface area contributed by atoms with Crippen LogP contribution in [0.4, 0.5) is 5.69 Å². The fourth-order valence-corrected chi connectivity index (χ4v) is 3.62. The topological polar surface area (TPSA) is 95.6 Å². The molecule has 7 nitrogen and oxygen atoms in total. The predicted octanol–water partition coefficient (Wildman–Crippen LogP) is 2.13. The van der Waals surface area contributed by atoms with Crippen molar-refractivity contribution in [2.45, 2.75) is 18.2 Å². The number of sulfonamides is 1. The van der Waals surface area contributed by atoms with Crippen molar-refractivity contribution in [2.75, 3.05) is 32.0 Å². The van der Waals surface area contributed by atoms with Crippen LogP contribution in [-0.2, 0) is 14.8 Å². The van der Waals surface area contributed by atoms with E-state index in [-0.39, 0.29) is 23.1 Å². The predicted molar refractivity (Wildman–Crippen MR) is 109 cm³/mol. The van der Waals surface area contributed by atoms with Gasteiger partial charge in [0.25, 0.3) is 0 Å². The van der Waals surface area contributed by atoms with Crippen LogP contribution in [0.1, 0.15) is 23.7 Å². The van der Waals surface area contributed by atoms with Gasteiger partial charge in [-0.3, -0.25) is 9.59 Å². The smallest absolute Gasteiger partial charge is 0.243 e. The SMILES string of the molecule is CC(=O)c1ccc(S(=O)(=O)N(C)CC(=O)NCCCNc2ccccc2)cc1. The molecule has 1 amide bonds. The number of para-hydroxylation sites is 1. The maximum absolute atomic E-state index is 12.5. The average Bonchev–Trinajstić information content (AvgIpc) is 2.68. The highest BCUT2D eigenvalue weighted by molar-refractivity contribution is 7.89. The van der Waals surface area contributed by atoms with Crippen LogP contribution in [0.25, 0.3) is 0 Å². The van der Waals surface area contributed by atoms with Gasteiger partial charge in [-0.05, 0) is 37.6 Å². The van der Waals surface area contributed by atoms with Gasteiger partial charge in [-0.15, -0.1) is 0 Å². The third-order valence-corrected chi connectivity index (χ3v) is 5.93. The Bertz CT molecular complexity index is 897. The second-order valence-electron chi connectivity index (χ2n) is 6.34. The molecule has 0 radical (unpaired) electrons. The largest absolute Gasteiger partial charge is 0.385 e. The summed E-state index contributed by atoms with van der Waals surface area (Å²) in [4.78, 5) is 23.4. The summed E-state index contributed by atoms with van der Waals surface area (Å²) in [5.74, 6) is -0.510. The minimum atomic E-state index is -3.80. The highest BCUT2D eigenvalue weighted by Gasteiger charge is 2.22. The molecule has 0 saturated heterocycles. The molecule has 0 aliphatic rings. The summed E-state index contributed by atoms with van der Waals surface area (Å²) in [7, 11) is -2.45. The van der Waals surface area contributed by atoms with Crippen molar-refractivity contribution in [3.63, 3.8) is 0 Å². The zero-order valence-corrected chi connectivity index (χ0v) is 16.8. The van der Waals surface area contributed by atoms with Crippen molar-refractivity contribution in [1.29, 1.82) is 0 Å². The molecule has 28 heavy (non-hydrogen) atoms. The number of anilines is 1. The van der Waals surface area contributed by atoms with E-state index in [0.29, 0.717) is 25.1 Å². The lowest BCUT2D eigenvalue weighted by Gasteiger charge is -2.17. The van der Waals surface area contributed by atoms with E-state index < -0.39 is 10.0 Å². The van der Waals surface area contributed by atoms with E-state index in [2.05, 4.69) is 10.6 Å². The van der Waals surface area contributed by atoms with Crippen LogP contribution >= 0.6 is 0 Å². The number of likely N-dealkylation sites (N-methyl/N-ethyl adjacent to an activating group) is 1. The van der Waals surface area contributed by atoms with Crippen LogP contribution in [0.5, 0.6) is 0 Å².